The van der Waals surface area contributed by atoms with Gasteiger partial charge < -0.3 is 0 Å². The molecule has 96 valence electrons. The average molecular weight is 312 g/mol. The van der Waals surface area contributed by atoms with Crippen LogP contribution in [0.15, 0.2) is 48.5 Å². The fraction of sp³-hybridized carbons (Fsp3) is 0. The number of carbonyl (C=O) groups is 1. The molecule has 4 heteroatoms. The highest BCUT2D eigenvalue weighted by molar-refractivity contribution is 6.35. The molecule has 0 N–H and O–H groups in total. The van der Waals surface area contributed by atoms with Crippen molar-refractivity contribution in [3.05, 3.63) is 74.7 Å². The molecule has 0 bridgehead atoms. The largest absolute Gasteiger partial charge is 0.289 e. The number of halogens is 3. The van der Waals surface area contributed by atoms with E-state index in [-0.39, 0.29) is 5.78 Å². The van der Waals surface area contributed by atoms with Crippen molar-refractivity contribution in [2.24, 2.45) is 0 Å². The molecule has 2 rings (SSSR count). The van der Waals surface area contributed by atoms with E-state index in [9.17, 15) is 4.79 Å². The average Bonchev–Trinajstić information content (AvgIpc) is 2.37. The molecule has 2 aromatic carbocycles. The zero-order chi connectivity index (χ0) is 13.8. The van der Waals surface area contributed by atoms with Gasteiger partial charge in [-0.2, -0.15) is 0 Å². The minimum atomic E-state index is -0.131. The van der Waals surface area contributed by atoms with Crippen molar-refractivity contribution in [2.75, 3.05) is 0 Å². The topological polar surface area (TPSA) is 17.1 Å². The molecule has 0 spiro atoms. The summed E-state index contributed by atoms with van der Waals surface area (Å²) in [7, 11) is 0. The molecule has 0 aliphatic carbocycles. The van der Waals surface area contributed by atoms with E-state index in [0.717, 1.165) is 5.56 Å². The van der Waals surface area contributed by atoms with Crippen molar-refractivity contribution in [3.63, 3.8) is 0 Å². The van der Waals surface area contributed by atoms with Gasteiger partial charge in [0.05, 0.1) is 0 Å². The Morgan fingerprint density at radius 1 is 0.947 bits per heavy atom. The van der Waals surface area contributed by atoms with E-state index < -0.39 is 0 Å². The molecule has 0 saturated carbocycles. The zero-order valence-electron chi connectivity index (χ0n) is 9.74. The molecule has 2 aromatic rings. The molecule has 0 fully saturated rings. The Balaban J connectivity index is 2.21. The second kappa shape index (κ2) is 6.25. The van der Waals surface area contributed by atoms with Crippen LogP contribution < -0.4 is 0 Å². The first kappa shape index (κ1) is 14.1. The van der Waals surface area contributed by atoms with Crippen molar-refractivity contribution in [3.8, 4) is 0 Å². The second-order valence-corrected chi connectivity index (χ2v) is 5.15. The quantitative estimate of drug-likeness (QED) is 0.537. The summed E-state index contributed by atoms with van der Waals surface area (Å²) in [4.78, 5) is 11.9. The van der Waals surface area contributed by atoms with Crippen LogP contribution in [0.3, 0.4) is 0 Å². The maximum atomic E-state index is 11.9. The van der Waals surface area contributed by atoms with Crippen LogP contribution in [0.25, 0.3) is 6.08 Å². The fourth-order valence-corrected chi connectivity index (χ4v) is 2.20. The number of ketones is 1. The molecular weight excluding hydrogens is 303 g/mol. The van der Waals surface area contributed by atoms with Crippen LogP contribution in [0.5, 0.6) is 0 Å². The third-order valence-electron chi connectivity index (χ3n) is 2.49. The smallest absolute Gasteiger partial charge is 0.185 e. The van der Waals surface area contributed by atoms with Gasteiger partial charge in [-0.25, -0.2) is 0 Å². The molecule has 0 aliphatic heterocycles. The Bertz CT molecular complexity index is 648. The predicted octanol–water partition coefficient (Wildman–Crippen LogP) is 5.54. The molecule has 1 nitrogen and oxygen atoms in total. The van der Waals surface area contributed by atoms with Gasteiger partial charge in [0.25, 0.3) is 0 Å². The SMILES string of the molecule is O=C(/C=C/c1ccc(Cl)cc1Cl)c1cccc(Cl)c1. The van der Waals surface area contributed by atoms with E-state index in [1.165, 1.54) is 6.08 Å². The Labute approximate surface area is 126 Å². The van der Waals surface area contributed by atoms with Crippen molar-refractivity contribution in [1.29, 1.82) is 0 Å². The van der Waals surface area contributed by atoms with Gasteiger partial charge in [-0.05, 0) is 42.0 Å². The standard InChI is InChI=1S/C15H9Cl3O/c16-12-3-1-2-11(8-12)15(19)7-5-10-4-6-13(17)9-14(10)18/h1-9H/b7-5+. The van der Waals surface area contributed by atoms with Crippen LogP contribution >= 0.6 is 34.8 Å². The molecule has 0 amide bonds. The summed E-state index contributed by atoms with van der Waals surface area (Å²) in [6.45, 7) is 0. The number of allylic oxidation sites excluding steroid dienone is 1. The van der Waals surface area contributed by atoms with E-state index in [0.29, 0.717) is 20.6 Å². The summed E-state index contributed by atoms with van der Waals surface area (Å²) >= 11 is 17.7. The van der Waals surface area contributed by atoms with Crippen LogP contribution in [0.4, 0.5) is 0 Å². The third-order valence-corrected chi connectivity index (χ3v) is 3.28. The monoisotopic (exact) mass is 310 g/mol. The Morgan fingerprint density at radius 2 is 1.68 bits per heavy atom. The van der Waals surface area contributed by atoms with Crippen LogP contribution in [0.1, 0.15) is 15.9 Å². The van der Waals surface area contributed by atoms with Crippen molar-refractivity contribution in [1.82, 2.24) is 0 Å². The summed E-state index contributed by atoms with van der Waals surface area (Å²) < 4.78 is 0. The highest BCUT2D eigenvalue weighted by Crippen LogP contribution is 2.22. The third kappa shape index (κ3) is 3.84. The summed E-state index contributed by atoms with van der Waals surface area (Å²) in [6, 6.07) is 11.9. The first-order chi connectivity index (χ1) is 9.06. The number of rotatable bonds is 3. The fourth-order valence-electron chi connectivity index (χ4n) is 1.54. The van der Waals surface area contributed by atoms with Gasteiger partial charge in [0, 0.05) is 20.6 Å². The van der Waals surface area contributed by atoms with Crippen LogP contribution in [-0.2, 0) is 0 Å². The zero-order valence-corrected chi connectivity index (χ0v) is 12.0. The van der Waals surface area contributed by atoms with Gasteiger partial charge >= 0.3 is 0 Å². The highest BCUT2D eigenvalue weighted by Gasteiger charge is 2.03. The molecule has 0 aromatic heterocycles. The molecule has 0 radical (unpaired) electrons. The molecule has 0 heterocycles. The normalized spacial score (nSPS) is 10.9. The van der Waals surface area contributed by atoms with Crippen molar-refractivity contribution < 1.29 is 4.79 Å². The number of hydrogen-bond acceptors (Lipinski definition) is 1. The predicted molar refractivity (Wildman–Crippen MR) is 81.3 cm³/mol. The molecule has 0 aliphatic rings. The van der Waals surface area contributed by atoms with E-state index in [2.05, 4.69) is 0 Å². The highest BCUT2D eigenvalue weighted by atomic mass is 35.5. The lowest BCUT2D eigenvalue weighted by Crippen LogP contribution is -1.93. The van der Waals surface area contributed by atoms with Crippen LogP contribution in [0.2, 0.25) is 15.1 Å². The van der Waals surface area contributed by atoms with Crippen LogP contribution in [0, 0.1) is 0 Å². The van der Waals surface area contributed by atoms with Crippen molar-refractivity contribution >= 4 is 46.7 Å². The van der Waals surface area contributed by atoms with Gasteiger partial charge in [0.1, 0.15) is 0 Å². The van der Waals surface area contributed by atoms with Gasteiger partial charge in [0.2, 0.25) is 0 Å². The number of benzene rings is 2. The minimum absolute atomic E-state index is 0.131. The van der Waals surface area contributed by atoms with E-state index in [4.69, 9.17) is 34.8 Å². The Hall–Kier alpha value is -1.28. The van der Waals surface area contributed by atoms with E-state index in [1.54, 1.807) is 48.5 Å². The maximum absolute atomic E-state index is 11.9. The van der Waals surface area contributed by atoms with Crippen molar-refractivity contribution in [2.45, 2.75) is 0 Å². The first-order valence-corrected chi connectivity index (χ1v) is 6.63. The number of carbonyl (C=O) groups excluding carboxylic acids is 1. The van der Waals surface area contributed by atoms with Crippen LogP contribution in [-0.4, -0.2) is 5.78 Å². The molecule has 0 atom stereocenters. The number of hydrogen-bond donors (Lipinski definition) is 0. The summed E-state index contributed by atoms with van der Waals surface area (Å²) in [5.74, 6) is -0.131. The summed E-state index contributed by atoms with van der Waals surface area (Å²) in [5.41, 5.74) is 1.27. The second-order valence-electron chi connectivity index (χ2n) is 3.87. The van der Waals surface area contributed by atoms with Gasteiger partial charge in [-0.3, -0.25) is 4.79 Å². The Kier molecular flexibility index (Phi) is 4.65. The lowest BCUT2D eigenvalue weighted by Gasteiger charge is -1.99. The Morgan fingerprint density at radius 3 is 2.37 bits per heavy atom. The van der Waals surface area contributed by atoms with E-state index in [1.807, 2.05) is 0 Å². The van der Waals surface area contributed by atoms with E-state index >= 15 is 0 Å². The van der Waals surface area contributed by atoms with Gasteiger partial charge in [0.15, 0.2) is 5.78 Å². The lowest BCUT2D eigenvalue weighted by atomic mass is 10.1. The lowest BCUT2D eigenvalue weighted by molar-refractivity contribution is 0.104. The molecule has 0 unspecified atom stereocenters. The summed E-state index contributed by atoms with van der Waals surface area (Å²) in [6.07, 6.45) is 3.11. The summed E-state index contributed by atoms with van der Waals surface area (Å²) in [5, 5.41) is 1.59. The minimum Gasteiger partial charge on any atom is -0.289 e. The maximum Gasteiger partial charge on any atom is 0.185 e. The molecule has 19 heavy (non-hydrogen) atoms. The van der Waals surface area contributed by atoms with Gasteiger partial charge in [-0.15, -0.1) is 0 Å². The molecular formula is C15H9Cl3O. The first-order valence-electron chi connectivity index (χ1n) is 5.49. The molecule has 0 saturated heterocycles. The van der Waals surface area contributed by atoms with Gasteiger partial charge in [-0.1, -0.05) is 53.0 Å².